The van der Waals surface area contributed by atoms with Gasteiger partial charge in [-0.25, -0.2) is 4.79 Å². The normalized spacial score (nSPS) is 29.6. The van der Waals surface area contributed by atoms with Crippen LogP contribution in [0.2, 0.25) is 0 Å². The summed E-state index contributed by atoms with van der Waals surface area (Å²) in [4.78, 5) is 23.0. The molecule has 0 aromatic rings. The molecule has 1 aliphatic carbocycles. The summed E-state index contributed by atoms with van der Waals surface area (Å²) in [5.41, 5.74) is 5.10. The molecule has 0 radical (unpaired) electrons. The van der Waals surface area contributed by atoms with Gasteiger partial charge in [-0.15, -0.1) is 0 Å². The van der Waals surface area contributed by atoms with Crippen LogP contribution < -0.4 is 11.1 Å². The first-order valence-corrected chi connectivity index (χ1v) is 6.32. The Morgan fingerprint density at radius 3 is 2.72 bits per heavy atom. The quantitative estimate of drug-likeness (QED) is 0.547. The molecule has 3 atom stereocenters. The third-order valence-electron chi connectivity index (χ3n) is 3.51. The smallest absolute Gasteiger partial charge is 0.326 e. The van der Waals surface area contributed by atoms with E-state index < -0.39 is 23.5 Å². The molecular formula is C12H22N2O4. The zero-order valence-electron chi connectivity index (χ0n) is 10.7. The van der Waals surface area contributed by atoms with E-state index >= 15 is 0 Å². The van der Waals surface area contributed by atoms with E-state index in [2.05, 4.69) is 5.32 Å². The molecule has 1 fully saturated rings. The van der Waals surface area contributed by atoms with Crippen molar-refractivity contribution in [3.05, 3.63) is 0 Å². The predicted molar refractivity (Wildman–Crippen MR) is 65.8 cm³/mol. The summed E-state index contributed by atoms with van der Waals surface area (Å²) in [7, 11) is 0. The molecule has 104 valence electrons. The van der Waals surface area contributed by atoms with Crippen molar-refractivity contribution < 1.29 is 19.8 Å². The van der Waals surface area contributed by atoms with Crippen molar-refractivity contribution in [1.29, 1.82) is 0 Å². The SMILES string of the molecule is CC1CCCC(N)(C(=O)N[C@H](CCO)C(=O)O)C1. The molecule has 1 rings (SSSR count). The monoisotopic (exact) mass is 258 g/mol. The van der Waals surface area contributed by atoms with Crippen molar-refractivity contribution in [3.63, 3.8) is 0 Å². The van der Waals surface area contributed by atoms with Crippen LogP contribution >= 0.6 is 0 Å². The maximum atomic E-state index is 12.1. The number of aliphatic hydroxyl groups is 1. The lowest BCUT2D eigenvalue weighted by Crippen LogP contribution is -2.59. The van der Waals surface area contributed by atoms with Crippen LogP contribution in [0.5, 0.6) is 0 Å². The first-order valence-electron chi connectivity index (χ1n) is 6.32. The van der Waals surface area contributed by atoms with E-state index in [1.165, 1.54) is 0 Å². The first kappa shape index (κ1) is 14.9. The van der Waals surface area contributed by atoms with E-state index in [1.807, 2.05) is 6.92 Å². The van der Waals surface area contributed by atoms with Gasteiger partial charge in [0.1, 0.15) is 6.04 Å². The minimum Gasteiger partial charge on any atom is -0.480 e. The summed E-state index contributed by atoms with van der Waals surface area (Å²) >= 11 is 0. The second kappa shape index (κ2) is 6.15. The van der Waals surface area contributed by atoms with Gasteiger partial charge in [0, 0.05) is 13.0 Å². The van der Waals surface area contributed by atoms with E-state index in [0.717, 1.165) is 12.8 Å². The van der Waals surface area contributed by atoms with Crippen LogP contribution in [0.3, 0.4) is 0 Å². The molecule has 1 aliphatic rings. The minimum absolute atomic E-state index is 0.00724. The zero-order valence-corrected chi connectivity index (χ0v) is 10.7. The number of carboxylic acid groups (broad SMARTS) is 1. The van der Waals surface area contributed by atoms with Gasteiger partial charge in [-0.3, -0.25) is 4.79 Å². The third kappa shape index (κ3) is 3.68. The molecule has 0 aromatic heterocycles. The third-order valence-corrected chi connectivity index (χ3v) is 3.51. The van der Waals surface area contributed by atoms with Crippen LogP contribution in [-0.2, 0) is 9.59 Å². The van der Waals surface area contributed by atoms with Crippen molar-refractivity contribution in [3.8, 4) is 0 Å². The van der Waals surface area contributed by atoms with Gasteiger partial charge >= 0.3 is 5.97 Å². The maximum absolute atomic E-state index is 12.1. The summed E-state index contributed by atoms with van der Waals surface area (Å²) in [5.74, 6) is -1.20. The topological polar surface area (TPSA) is 113 Å². The number of carbonyl (C=O) groups is 2. The van der Waals surface area contributed by atoms with Crippen molar-refractivity contribution in [2.45, 2.75) is 50.6 Å². The largest absolute Gasteiger partial charge is 0.480 e. The maximum Gasteiger partial charge on any atom is 0.326 e. The number of carbonyl (C=O) groups excluding carboxylic acids is 1. The van der Waals surface area contributed by atoms with Gasteiger partial charge < -0.3 is 21.3 Å². The van der Waals surface area contributed by atoms with Gasteiger partial charge in [-0.2, -0.15) is 0 Å². The van der Waals surface area contributed by atoms with Gasteiger partial charge in [0.15, 0.2) is 0 Å². The molecule has 6 nitrogen and oxygen atoms in total. The standard InChI is InChI=1S/C12H22N2O4/c1-8-3-2-5-12(13,7-8)11(18)14-9(4-6-15)10(16)17/h8-9,15H,2-7,13H2,1H3,(H,14,18)(H,16,17)/t8?,9-,12?/m1/s1. The fourth-order valence-electron chi connectivity index (χ4n) is 2.49. The fourth-order valence-corrected chi connectivity index (χ4v) is 2.49. The Hall–Kier alpha value is -1.14. The number of amides is 1. The molecule has 5 N–H and O–H groups in total. The van der Waals surface area contributed by atoms with Crippen LogP contribution in [0.25, 0.3) is 0 Å². The van der Waals surface area contributed by atoms with E-state index in [4.69, 9.17) is 15.9 Å². The summed E-state index contributed by atoms with van der Waals surface area (Å²) in [6, 6.07) is -1.07. The molecule has 0 bridgehead atoms. The summed E-state index contributed by atoms with van der Waals surface area (Å²) in [6.07, 6.45) is 3.07. The Morgan fingerprint density at radius 1 is 1.56 bits per heavy atom. The Bertz CT molecular complexity index is 321. The van der Waals surface area contributed by atoms with Crippen molar-refractivity contribution >= 4 is 11.9 Å². The Kier molecular flexibility index (Phi) is 5.10. The molecule has 2 unspecified atom stereocenters. The molecule has 18 heavy (non-hydrogen) atoms. The number of nitrogens with one attached hydrogen (secondary N) is 1. The zero-order chi connectivity index (χ0) is 13.8. The average Bonchev–Trinajstić information content (AvgIpc) is 2.27. The lowest BCUT2D eigenvalue weighted by Gasteiger charge is -2.36. The highest BCUT2D eigenvalue weighted by molar-refractivity contribution is 5.90. The van der Waals surface area contributed by atoms with Crippen LogP contribution in [-0.4, -0.2) is 40.3 Å². The highest BCUT2D eigenvalue weighted by atomic mass is 16.4. The van der Waals surface area contributed by atoms with Gasteiger partial charge in [0.05, 0.1) is 5.54 Å². The minimum atomic E-state index is -1.15. The van der Waals surface area contributed by atoms with Crippen molar-refractivity contribution in [2.24, 2.45) is 11.7 Å². The van der Waals surface area contributed by atoms with Crippen LogP contribution in [0.1, 0.15) is 39.0 Å². The van der Waals surface area contributed by atoms with Crippen LogP contribution in [0.15, 0.2) is 0 Å². The van der Waals surface area contributed by atoms with Gasteiger partial charge in [-0.1, -0.05) is 19.8 Å². The number of hydrogen-bond acceptors (Lipinski definition) is 4. The number of carboxylic acids is 1. The molecule has 0 saturated heterocycles. The first-order chi connectivity index (χ1) is 8.39. The Balaban J connectivity index is 2.65. The number of nitrogens with two attached hydrogens (primary N) is 1. The molecule has 0 spiro atoms. The van der Waals surface area contributed by atoms with Crippen LogP contribution in [0.4, 0.5) is 0 Å². The highest BCUT2D eigenvalue weighted by Gasteiger charge is 2.39. The van der Waals surface area contributed by atoms with Crippen LogP contribution in [0, 0.1) is 5.92 Å². The van der Waals surface area contributed by atoms with E-state index in [1.54, 1.807) is 0 Å². The molecular weight excluding hydrogens is 236 g/mol. The Morgan fingerprint density at radius 2 is 2.22 bits per heavy atom. The molecule has 6 heteroatoms. The summed E-state index contributed by atoms with van der Waals surface area (Å²) in [6.45, 7) is 1.75. The van der Waals surface area contributed by atoms with Gasteiger partial charge in [0.2, 0.25) is 5.91 Å². The van der Waals surface area contributed by atoms with Gasteiger partial charge in [-0.05, 0) is 18.8 Å². The number of aliphatic hydroxyl groups excluding tert-OH is 1. The van der Waals surface area contributed by atoms with Crippen molar-refractivity contribution in [2.75, 3.05) is 6.61 Å². The lowest BCUT2D eigenvalue weighted by atomic mass is 9.76. The predicted octanol–water partition coefficient (Wildman–Crippen LogP) is -0.154. The highest BCUT2D eigenvalue weighted by Crippen LogP contribution is 2.30. The van der Waals surface area contributed by atoms with Crippen molar-refractivity contribution in [1.82, 2.24) is 5.32 Å². The second-order valence-corrected chi connectivity index (χ2v) is 5.23. The van der Waals surface area contributed by atoms with E-state index in [9.17, 15) is 9.59 Å². The number of aliphatic carboxylic acids is 1. The molecule has 1 saturated carbocycles. The van der Waals surface area contributed by atoms with E-state index in [-0.39, 0.29) is 13.0 Å². The Labute approximate surface area is 107 Å². The number of rotatable bonds is 5. The summed E-state index contributed by atoms with van der Waals surface area (Å²) in [5, 5.41) is 20.1. The molecule has 1 amide bonds. The lowest BCUT2D eigenvalue weighted by molar-refractivity contribution is -0.143. The average molecular weight is 258 g/mol. The number of hydrogen-bond donors (Lipinski definition) is 4. The molecule has 0 aromatic carbocycles. The summed E-state index contributed by atoms with van der Waals surface area (Å²) < 4.78 is 0. The van der Waals surface area contributed by atoms with Gasteiger partial charge in [0.25, 0.3) is 0 Å². The molecule has 0 heterocycles. The fraction of sp³-hybridized carbons (Fsp3) is 0.833. The van der Waals surface area contributed by atoms with E-state index in [0.29, 0.717) is 18.8 Å². The molecule has 0 aliphatic heterocycles. The second-order valence-electron chi connectivity index (χ2n) is 5.23.